The molecule has 4 aromatic heterocycles. The van der Waals surface area contributed by atoms with Crippen LogP contribution in [0.1, 0.15) is 137 Å². The first-order chi connectivity index (χ1) is 42.8. The molecule has 8 aromatic carbocycles. The fourth-order valence-electron chi connectivity index (χ4n) is 13.1. The molecule has 432 valence electrons. The summed E-state index contributed by atoms with van der Waals surface area (Å²) in [5.41, 5.74) is 27.3. The lowest BCUT2D eigenvalue weighted by Gasteiger charge is -2.09. The molecule has 4 heterocycles. The second-order valence-corrected chi connectivity index (χ2v) is 23.3. The van der Waals surface area contributed by atoms with Gasteiger partial charge in [0.15, 0.2) is 0 Å². The zero-order valence-corrected chi connectivity index (χ0v) is 51.2. The van der Waals surface area contributed by atoms with Crippen molar-refractivity contribution in [2.45, 2.75) is 107 Å². The highest BCUT2D eigenvalue weighted by Crippen LogP contribution is 2.42. The van der Waals surface area contributed by atoms with Crippen LogP contribution in [0, 0.1) is 55.4 Å². The summed E-state index contributed by atoms with van der Waals surface area (Å²) in [5.74, 6) is 9.70. The maximum Gasteiger partial charge on any atom is 0.136 e. The molecule has 0 unspecified atom stereocenters. The Morgan fingerprint density at radius 2 is 0.580 bits per heavy atom. The first kappa shape index (κ1) is 56.9. The van der Waals surface area contributed by atoms with E-state index >= 15 is 0 Å². The van der Waals surface area contributed by atoms with Crippen LogP contribution in [0.2, 0.25) is 0 Å². The molecule has 4 aliphatic rings. The lowest BCUT2D eigenvalue weighted by atomic mass is 9.97. The molecule has 0 saturated carbocycles. The van der Waals surface area contributed by atoms with E-state index in [1.54, 1.807) is 0 Å². The zero-order chi connectivity index (χ0) is 60.4. The monoisotopic (exact) mass is 1150 g/mol. The van der Waals surface area contributed by atoms with Crippen LogP contribution in [0.5, 0.6) is 0 Å². The van der Waals surface area contributed by atoms with Gasteiger partial charge in [0.1, 0.15) is 69.9 Å². The van der Waals surface area contributed by atoms with Crippen LogP contribution < -0.4 is 0 Å². The van der Waals surface area contributed by atoms with Gasteiger partial charge in [0, 0.05) is 25.7 Å². The summed E-state index contributed by atoms with van der Waals surface area (Å²) >= 11 is 0. The largest absolute Gasteiger partial charge is 0.219 e. The normalized spacial score (nSPS) is 12.1. The molecule has 4 aliphatic carbocycles. The number of fused-ring (bicyclic) bond motifs is 12. The predicted octanol–water partition coefficient (Wildman–Crippen LogP) is 14.6. The third kappa shape index (κ3) is 12.6. The molecule has 12 nitrogen and oxygen atoms in total. The number of hydrogen-bond donors (Lipinski definition) is 0. The molecule has 88 heavy (non-hydrogen) atoms. The number of nitrogens with zero attached hydrogens (tertiary/aromatic N) is 12. The van der Waals surface area contributed by atoms with E-state index in [0.29, 0.717) is 0 Å². The zero-order valence-electron chi connectivity index (χ0n) is 51.2. The van der Waals surface area contributed by atoms with Crippen molar-refractivity contribution in [2.24, 2.45) is 0 Å². The minimum Gasteiger partial charge on any atom is -0.219 e. The van der Waals surface area contributed by atoms with Crippen LogP contribution in [0.3, 0.4) is 0 Å². The van der Waals surface area contributed by atoms with Crippen molar-refractivity contribution in [3.05, 3.63) is 307 Å². The molecular formula is C76H68N12. The summed E-state index contributed by atoms with van der Waals surface area (Å²) in [5, 5.41) is 0. The third-order valence-electron chi connectivity index (χ3n) is 16.6. The molecule has 0 bridgehead atoms. The molecule has 0 atom stereocenters. The van der Waals surface area contributed by atoms with Gasteiger partial charge in [0.05, 0.1) is 0 Å². The smallest absolute Gasteiger partial charge is 0.136 e. The Bertz CT molecular complexity index is 4560. The van der Waals surface area contributed by atoms with E-state index in [4.69, 9.17) is 0 Å². The average molecular weight is 1150 g/mol. The third-order valence-corrected chi connectivity index (χ3v) is 16.6. The Balaban J connectivity index is 0.000000108. The van der Waals surface area contributed by atoms with Gasteiger partial charge < -0.3 is 0 Å². The number of aryl methyl sites for hydroxylation is 8. The van der Waals surface area contributed by atoms with E-state index in [1.807, 2.05) is 55.4 Å². The van der Waals surface area contributed by atoms with Crippen LogP contribution in [-0.4, -0.2) is 59.8 Å². The van der Waals surface area contributed by atoms with Crippen molar-refractivity contribution >= 4 is 0 Å². The first-order valence-electron chi connectivity index (χ1n) is 30.3. The molecule has 0 saturated heterocycles. The lowest BCUT2D eigenvalue weighted by Crippen LogP contribution is -2.04. The van der Waals surface area contributed by atoms with Gasteiger partial charge in [-0.05, 0) is 192 Å². The molecule has 12 heteroatoms. The van der Waals surface area contributed by atoms with E-state index in [0.717, 1.165) is 121 Å². The van der Waals surface area contributed by atoms with Crippen LogP contribution in [-0.2, 0) is 51.4 Å². The number of rotatable bonds is 8. The van der Waals surface area contributed by atoms with E-state index in [9.17, 15) is 0 Å². The SMILES string of the molecule is Cc1nc(C)nc(Cc2ccc3c(c2)-c2ccccc2C3)n1.Cc1nc(C)nc(Cc2ccc3c(c2)Cc2ccccc2-3)n1.Cc1nc(C)nc(Cc2cccc3c2-c2ccccc2C3)n1.Cc1nc(C)nc(Cc2cccc3c2Cc2ccccc2-3)n1. The maximum absolute atomic E-state index is 4.49. The molecule has 12 aromatic rings. The van der Waals surface area contributed by atoms with Crippen molar-refractivity contribution in [1.29, 1.82) is 0 Å². The molecule has 16 rings (SSSR count). The number of benzene rings is 8. The second kappa shape index (κ2) is 24.6. The molecule has 0 aliphatic heterocycles. The second-order valence-electron chi connectivity index (χ2n) is 23.3. The van der Waals surface area contributed by atoms with Crippen LogP contribution in [0.4, 0.5) is 0 Å². The molecule has 0 amide bonds. The number of hydrogen-bond acceptors (Lipinski definition) is 12. The van der Waals surface area contributed by atoms with Crippen molar-refractivity contribution in [1.82, 2.24) is 59.8 Å². The van der Waals surface area contributed by atoms with Crippen molar-refractivity contribution in [3.63, 3.8) is 0 Å². The minimum atomic E-state index is 0.750. The van der Waals surface area contributed by atoms with Gasteiger partial charge in [-0.3, -0.25) is 0 Å². The Morgan fingerprint density at radius 1 is 0.239 bits per heavy atom. The summed E-state index contributed by atoms with van der Waals surface area (Å²) in [6.45, 7) is 15.3. The van der Waals surface area contributed by atoms with Gasteiger partial charge in [-0.2, -0.15) is 0 Å². The Kier molecular flexibility index (Phi) is 15.9. The van der Waals surface area contributed by atoms with Gasteiger partial charge in [0.25, 0.3) is 0 Å². The fraction of sp³-hybridized carbons (Fsp3) is 0.211. The summed E-state index contributed by atoms with van der Waals surface area (Å²) < 4.78 is 0. The Labute approximate surface area is 515 Å². The summed E-state index contributed by atoms with van der Waals surface area (Å²) in [6, 6.07) is 61.2. The van der Waals surface area contributed by atoms with Gasteiger partial charge in [-0.1, -0.05) is 170 Å². The topological polar surface area (TPSA) is 155 Å². The Hall–Kier alpha value is -10.2. The molecule has 0 N–H and O–H groups in total. The van der Waals surface area contributed by atoms with Gasteiger partial charge >= 0.3 is 0 Å². The first-order valence-corrected chi connectivity index (χ1v) is 30.3. The van der Waals surface area contributed by atoms with Crippen LogP contribution in [0.25, 0.3) is 44.5 Å². The summed E-state index contributed by atoms with van der Waals surface area (Å²) in [7, 11) is 0. The molecular weight excluding hydrogens is 1080 g/mol. The van der Waals surface area contributed by atoms with Crippen molar-refractivity contribution < 1.29 is 0 Å². The summed E-state index contributed by atoms with van der Waals surface area (Å²) in [4.78, 5) is 52.7. The molecule has 0 fully saturated rings. The highest BCUT2D eigenvalue weighted by molar-refractivity contribution is 5.81. The van der Waals surface area contributed by atoms with E-state index in [1.165, 1.54) is 111 Å². The van der Waals surface area contributed by atoms with E-state index in [2.05, 4.69) is 230 Å². The standard InChI is InChI=1S/4C19H17N3/c1-12-20-13(2)22-18(21-12)11-16-8-5-7-15-10-14-6-3-4-9-17(14)19(15)16;1-12-20-13(2)22-19(21-12)11-15-7-5-9-17-16-8-4-3-6-14(16)10-18(15)17;1-12-20-13(2)22-19(21-12)10-14-7-8-18-16(9-14)11-15-5-3-4-6-17(15)18;1-12-20-13(2)22-19(21-12)10-14-7-8-16-11-15-5-3-4-6-17(15)18(16)9-14/h4*3-9H,10-11H2,1-2H3. The highest BCUT2D eigenvalue weighted by Gasteiger charge is 2.24. The summed E-state index contributed by atoms with van der Waals surface area (Å²) in [6.07, 6.45) is 7.11. The van der Waals surface area contributed by atoms with E-state index < -0.39 is 0 Å². The predicted molar refractivity (Wildman–Crippen MR) is 347 cm³/mol. The van der Waals surface area contributed by atoms with Gasteiger partial charge in [-0.25, -0.2) is 59.8 Å². The quantitative estimate of drug-likeness (QED) is 0.142. The fourth-order valence-corrected chi connectivity index (χ4v) is 13.1. The Morgan fingerprint density at radius 3 is 1.12 bits per heavy atom. The molecule has 0 spiro atoms. The number of aromatic nitrogens is 12. The van der Waals surface area contributed by atoms with Crippen molar-refractivity contribution in [3.8, 4) is 44.5 Å². The lowest BCUT2D eigenvalue weighted by molar-refractivity contribution is 0.840. The van der Waals surface area contributed by atoms with Gasteiger partial charge in [-0.15, -0.1) is 0 Å². The van der Waals surface area contributed by atoms with Crippen LogP contribution in [0.15, 0.2) is 170 Å². The maximum atomic E-state index is 4.49. The van der Waals surface area contributed by atoms with Crippen LogP contribution >= 0.6 is 0 Å². The minimum absolute atomic E-state index is 0.750. The van der Waals surface area contributed by atoms with Crippen molar-refractivity contribution in [2.75, 3.05) is 0 Å². The van der Waals surface area contributed by atoms with E-state index in [-0.39, 0.29) is 0 Å². The average Bonchev–Trinajstić information content (AvgIpc) is 3.33. The highest BCUT2D eigenvalue weighted by atomic mass is 15.0. The van der Waals surface area contributed by atoms with Gasteiger partial charge in [0.2, 0.25) is 0 Å². The molecule has 0 radical (unpaired) electrons.